The lowest BCUT2D eigenvalue weighted by atomic mass is 10.2. The monoisotopic (exact) mass is 211 g/mol. The number of rotatable bonds is 5. The molecule has 1 aromatic heterocycles. The third kappa shape index (κ3) is 2.54. The molecule has 0 amide bonds. The summed E-state index contributed by atoms with van der Waals surface area (Å²) in [7, 11) is 1.87. The van der Waals surface area contributed by atoms with Crippen LogP contribution in [0, 0.1) is 0 Å². The van der Waals surface area contributed by atoms with Crippen LogP contribution >= 0.6 is 0 Å². The smallest absolute Gasteiger partial charge is 0.148 e. The minimum absolute atomic E-state index is 0.0923. The van der Waals surface area contributed by atoms with Crippen molar-refractivity contribution >= 4 is 11.6 Å². The summed E-state index contributed by atoms with van der Waals surface area (Å²) in [6.45, 7) is 2.64. The number of aliphatic hydroxyl groups excluding tert-OH is 1. The van der Waals surface area contributed by atoms with Gasteiger partial charge in [0.2, 0.25) is 0 Å². The zero-order valence-corrected chi connectivity index (χ0v) is 9.06. The summed E-state index contributed by atoms with van der Waals surface area (Å²) < 4.78 is 0. The molecule has 0 bridgehead atoms. The van der Waals surface area contributed by atoms with Crippen molar-refractivity contribution in [2.24, 2.45) is 5.84 Å². The Labute approximate surface area is 89.1 Å². The zero-order chi connectivity index (χ0) is 11.3. The minimum Gasteiger partial charge on any atom is -0.395 e. The predicted octanol–water partition coefficient (Wildman–Crippen LogP) is -0.247. The van der Waals surface area contributed by atoms with E-state index < -0.39 is 0 Å². The normalized spacial score (nSPS) is 10.1. The second-order valence-electron chi connectivity index (χ2n) is 3.17. The molecule has 0 aliphatic rings. The van der Waals surface area contributed by atoms with Crippen LogP contribution in [-0.2, 0) is 6.42 Å². The highest BCUT2D eigenvalue weighted by Gasteiger charge is 2.11. The molecule has 84 valence electrons. The quantitative estimate of drug-likeness (QED) is 0.460. The van der Waals surface area contributed by atoms with E-state index in [4.69, 9.17) is 10.9 Å². The Kier molecular flexibility index (Phi) is 4.26. The van der Waals surface area contributed by atoms with Gasteiger partial charge in [-0.3, -0.25) is 0 Å². The van der Waals surface area contributed by atoms with Crippen molar-refractivity contribution in [2.75, 3.05) is 30.5 Å². The van der Waals surface area contributed by atoms with Gasteiger partial charge in [-0.15, -0.1) is 0 Å². The first-order valence-electron chi connectivity index (χ1n) is 4.87. The molecule has 6 nitrogen and oxygen atoms in total. The number of nitrogens with two attached hydrogens (primary N) is 1. The molecule has 0 atom stereocenters. The van der Waals surface area contributed by atoms with Gasteiger partial charge in [0.05, 0.1) is 6.61 Å². The molecule has 4 N–H and O–H groups in total. The number of likely N-dealkylation sites (N-methyl/N-ethyl adjacent to an activating group) is 1. The summed E-state index contributed by atoms with van der Waals surface area (Å²) in [5, 5.41) is 8.86. The van der Waals surface area contributed by atoms with Crippen LogP contribution in [0.2, 0.25) is 0 Å². The average Bonchev–Trinajstić information content (AvgIpc) is 2.28. The van der Waals surface area contributed by atoms with Crippen LogP contribution in [0.5, 0.6) is 0 Å². The maximum atomic E-state index is 8.86. The van der Waals surface area contributed by atoms with Gasteiger partial charge in [-0.2, -0.15) is 0 Å². The Balaban J connectivity index is 3.05. The molecular weight excluding hydrogens is 194 g/mol. The van der Waals surface area contributed by atoms with Gasteiger partial charge in [0.15, 0.2) is 0 Å². The van der Waals surface area contributed by atoms with Crippen LogP contribution in [0.25, 0.3) is 0 Å². The summed E-state index contributed by atoms with van der Waals surface area (Å²) in [6, 6.07) is 0. The molecule has 0 aliphatic heterocycles. The highest BCUT2D eigenvalue weighted by molar-refractivity contribution is 5.57. The number of nitrogens with zero attached hydrogens (tertiary/aromatic N) is 3. The fourth-order valence-corrected chi connectivity index (χ4v) is 1.44. The number of nitrogen functional groups attached to an aromatic ring is 1. The van der Waals surface area contributed by atoms with E-state index in [-0.39, 0.29) is 6.61 Å². The molecule has 0 radical (unpaired) electrons. The third-order valence-corrected chi connectivity index (χ3v) is 2.21. The largest absolute Gasteiger partial charge is 0.395 e. The van der Waals surface area contributed by atoms with Crippen LogP contribution in [0.3, 0.4) is 0 Å². The van der Waals surface area contributed by atoms with Crippen molar-refractivity contribution in [1.82, 2.24) is 9.97 Å². The first-order chi connectivity index (χ1) is 7.24. The highest BCUT2D eigenvalue weighted by Crippen LogP contribution is 2.21. The zero-order valence-electron chi connectivity index (χ0n) is 9.06. The Hall–Kier alpha value is -1.40. The van der Waals surface area contributed by atoms with Crippen molar-refractivity contribution in [3.05, 3.63) is 11.9 Å². The van der Waals surface area contributed by atoms with E-state index in [2.05, 4.69) is 15.4 Å². The molecule has 0 saturated carbocycles. The lowest BCUT2D eigenvalue weighted by Gasteiger charge is -2.20. The molecular formula is C9H17N5O. The fourth-order valence-electron chi connectivity index (χ4n) is 1.44. The van der Waals surface area contributed by atoms with E-state index in [1.807, 2.05) is 18.9 Å². The molecule has 0 fully saturated rings. The van der Waals surface area contributed by atoms with Gasteiger partial charge in [-0.05, 0) is 6.42 Å². The van der Waals surface area contributed by atoms with E-state index in [0.717, 1.165) is 17.8 Å². The Morgan fingerprint density at radius 1 is 1.53 bits per heavy atom. The van der Waals surface area contributed by atoms with Crippen molar-refractivity contribution in [2.45, 2.75) is 13.3 Å². The van der Waals surface area contributed by atoms with E-state index >= 15 is 0 Å². The van der Waals surface area contributed by atoms with Crippen molar-refractivity contribution in [1.29, 1.82) is 0 Å². The first kappa shape index (κ1) is 11.7. The van der Waals surface area contributed by atoms with Crippen LogP contribution in [0.15, 0.2) is 6.33 Å². The molecule has 1 rings (SSSR count). The van der Waals surface area contributed by atoms with E-state index in [1.165, 1.54) is 6.33 Å². The number of hydrogen-bond donors (Lipinski definition) is 3. The molecule has 0 aromatic carbocycles. The van der Waals surface area contributed by atoms with Crippen LogP contribution in [0.1, 0.15) is 12.5 Å². The Morgan fingerprint density at radius 2 is 2.27 bits per heavy atom. The fraction of sp³-hybridized carbons (Fsp3) is 0.556. The summed E-state index contributed by atoms with van der Waals surface area (Å²) in [4.78, 5) is 10.1. The van der Waals surface area contributed by atoms with Gasteiger partial charge in [-0.25, -0.2) is 15.8 Å². The predicted molar refractivity (Wildman–Crippen MR) is 59.6 cm³/mol. The molecule has 0 spiro atoms. The lowest BCUT2D eigenvalue weighted by molar-refractivity contribution is 0.303. The van der Waals surface area contributed by atoms with Crippen molar-refractivity contribution < 1.29 is 5.11 Å². The summed E-state index contributed by atoms with van der Waals surface area (Å²) in [6.07, 6.45) is 2.24. The van der Waals surface area contributed by atoms with Gasteiger partial charge in [0.25, 0.3) is 0 Å². The lowest BCUT2D eigenvalue weighted by Crippen LogP contribution is -2.24. The van der Waals surface area contributed by atoms with Gasteiger partial charge < -0.3 is 15.4 Å². The van der Waals surface area contributed by atoms with Crippen molar-refractivity contribution in [3.63, 3.8) is 0 Å². The molecule has 0 aliphatic carbocycles. The topological polar surface area (TPSA) is 87.3 Å². The Bertz CT molecular complexity index is 317. The highest BCUT2D eigenvalue weighted by atomic mass is 16.3. The van der Waals surface area contributed by atoms with Gasteiger partial charge in [0.1, 0.15) is 18.0 Å². The van der Waals surface area contributed by atoms with Gasteiger partial charge in [-0.1, -0.05) is 6.92 Å². The molecule has 0 unspecified atom stereocenters. The molecule has 6 heteroatoms. The van der Waals surface area contributed by atoms with Crippen LogP contribution in [-0.4, -0.2) is 35.3 Å². The van der Waals surface area contributed by atoms with Gasteiger partial charge in [0, 0.05) is 19.2 Å². The second-order valence-corrected chi connectivity index (χ2v) is 3.17. The summed E-state index contributed by atoms with van der Waals surface area (Å²) >= 11 is 0. The maximum absolute atomic E-state index is 8.86. The van der Waals surface area contributed by atoms with Crippen LogP contribution in [0.4, 0.5) is 11.6 Å². The number of aromatic nitrogens is 2. The molecule has 15 heavy (non-hydrogen) atoms. The number of anilines is 2. The summed E-state index contributed by atoms with van der Waals surface area (Å²) in [5.41, 5.74) is 3.50. The molecule has 0 saturated heterocycles. The first-order valence-corrected chi connectivity index (χ1v) is 4.87. The number of hydrazine groups is 1. The summed E-state index contributed by atoms with van der Waals surface area (Å²) in [5.74, 6) is 6.79. The van der Waals surface area contributed by atoms with E-state index in [0.29, 0.717) is 12.4 Å². The molecule has 1 aromatic rings. The van der Waals surface area contributed by atoms with E-state index in [1.54, 1.807) is 0 Å². The second kappa shape index (κ2) is 5.47. The van der Waals surface area contributed by atoms with Crippen molar-refractivity contribution in [3.8, 4) is 0 Å². The SMILES string of the molecule is CCc1c(NN)ncnc1N(C)CCO. The number of aliphatic hydroxyl groups is 1. The standard InChI is InChI=1S/C9H17N5O/c1-3-7-8(13-10)11-6-12-9(7)14(2)4-5-15/h6,15H,3-5,10H2,1-2H3,(H,11,12,13). The third-order valence-electron chi connectivity index (χ3n) is 2.21. The number of hydrogen-bond acceptors (Lipinski definition) is 6. The Morgan fingerprint density at radius 3 is 2.80 bits per heavy atom. The van der Waals surface area contributed by atoms with Crippen LogP contribution < -0.4 is 16.2 Å². The van der Waals surface area contributed by atoms with Gasteiger partial charge >= 0.3 is 0 Å². The number of nitrogens with one attached hydrogen (secondary N) is 1. The molecule has 1 heterocycles. The van der Waals surface area contributed by atoms with E-state index in [9.17, 15) is 0 Å². The average molecular weight is 211 g/mol. The minimum atomic E-state index is 0.0923. The maximum Gasteiger partial charge on any atom is 0.148 e.